The molecule has 1 fully saturated rings. The van der Waals surface area contributed by atoms with Crippen molar-refractivity contribution in [2.45, 2.75) is 38.6 Å². The van der Waals surface area contributed by atoms with Crippen molar-refractivity contribution < 1.29 is 0 Å². The van der Waals surface area contributed by atoms with Crippen LogP contribution >= 0.6 is 0 Å². The second-order valence-corrected chi connectivity index (χ2v) is 5.37. The summed E-state index contributed by atoms with van der Waals surface area (Å²) in [6.45, 7) is 7.01. The maximum Gasteiger partial charge on any atom is 0.154 e. The first-order chi connectivity index (χ1) is 8.88. The first-order valence-corrected chi connectivity index (χ1v) is 7.18. The molecule has 1 aromatic heterocycles. The number of piperidine rings is 1. The molecule has 0 bridgehead atoms. The van der Waals surface area contributed by atoms with Gasteiger partial charge in [-0.05, 0) is 50.4 Å². The molecule has 0 radical (unpaired) electrons. The number of rotatable bonds is 2. The highest BCUT2D eigenvalue weighted by molar-refractivity contribution is 5.48. The van der Waals surface area contributed by atoms with Gasteiger partial charge in [0.25, 0.3) is 0 Å². The molecular formula is C14H22N4. The second-order valence-electron chi connectivity index (χ2n) is 5.37. The highest BCUT2D eigenvalue weighted by Crippen LogP contribution is 2.28. The maximum atomic E-state index is 4.38. The quantitative estimate of drug-likeness (QED) is 0.795. The van der Waals surface area contributed by atoms with Crippen LogP contribution in [0, 0.1) is 0 Å². The van der Waals surface area contributed by atoms with Gasteiger partial charge in [0.15, 0.2) is 5.82 Å². The van der Waals surface area contributed by atoms with Gasteiger partial charge in [-0.1, -0.05) is 6.92 Å². The first kappa shape index (κ1) is 11.9. The van der Waals surface area contributed by atoms with E-state index < -0.39 is 0 Å². The Bertz CT molecular complexity index is 407. The fourth-order valence-electron chi connectivity index (χ4n) is 3.26. The fraction of sp³-hybridized carbons (Fsp3) is 0.714. The molecule has 4 nitrogen and oxygen atoms in total. The molecule has 3 heterocycles. The molecule has 1 atom stereocenters. The van der Waals surface area contributed by atoms with E-state index >= 15 is 0 Å². The third-order valence-electron chi connectivity index (χ3n) is 4.27. The molecule has 1 saturated heterocycles. The molecule has 1 aromatic rings. The lowest BCUT2D eigenvalue weighted by Gasteiger charge is -2.41. The smallest absolute Gasteiger partial charge is 0.154 e. The van der Waals surface area contributed by atoms with E-state index in [9.17, 15) is 0 Å². The normalized spacial score (nSPS) is 24.9. The number of hydrogen-bond acceptors (Lipinski definition) is 4. The molecule has 0 spiro atoms. The molecule has 0 aliphatic carbocycles. The van der Waals surface area contributed by atoms with Gasteiger partial charge in [-0.3, -0.25) is 0 Å². The van der Waals surface area contributed by atoms with Gasteiger partial charge in [0.05, 0.1) is 6.20 Å². The summed E-state index contributed by atoms with van der Waals surface area (Å²) in [6, 6.07) is 2.77. The third-order valence-corrected chi connectivity index (χ3v) is 4.27. The summed E-state index contributed by atoms with van der Waals surface area (Å²) in [4.78, 5) is 5.06. The number of fused-ring (bicyclic) bond motifs is 1. The summed E-state index contributed by atoms with van der Waals surface area (Å²) in [5, 5.41) is 8.46. The third kappa shape index (κ3) is 2.21. The van der Waals surface area contributed by atoms with Gasteiger partial charge < -0.3 is 9.80 Å². The van der Waals surface area contributed by atoms with E-state index in [4.69, 9.17) is 0 Å². The Balaban J connectivity index is 1.80. The van der Waals surface area contributed by atoms with Crippen molar-refractivity contribution in [1.82, 2.24) is 15.1 Å². The zero-order valence-electron chi connectivity index (χ0n) is 11.2. The molecule has 0 aromatic carbocycles. The Kier molecular flexibility index (Phi) is 3.46. The first-order valence-electron chi connectivity index (χ1n) is 7.18. The number of likely N-dealkylation sites (tertiary alicyclic amines) is 1. The Morgan fingerprint density at radius 2 is 2.28 bits per heavy atom. The van der Waals surface area contributed by atoms with Crippen molar-refractivity contribution in [2.75, 3.05) is 31.1 Å². The fourth-order valence-corrected chi connectivity index (χ4v) is 3.26. The van der Waals surface area contributed by atoms with Crippen LogP contribution in [0.2, 0.25) is 0 Å². The van der Waals surface area contributed by atoms with Crippen LogP contribution in [0.25, 0.3) is 0 Å². The number of nitrogens with zero attached hydrogens (tertiary/aromatic N) is 4. The second kappa shape index (κ2) is 5.22. The van der Waals surface area contributed by atoms with Crippen molar-refractivity contribution in [2.24, 2.45) is 0 Å². The van der Waals surface area contributed by atoms with E-state index in [0.29, 0.717) is 6.04 Å². The minimum Gasteiger partial charge on any atom is -0.351 e. The summed E-state index contributed by atoms with van der Waals surface area (Å²) in [5.41, 5.74) is 1.38. The standard InChI is InChI=1S/C14H22N4/c1-2-17-9-4-6-13(11-17)18-10-3-5-12-7-8-15-16-14(12)18/h7-8,13H,2-6,9-11H2,1H3/t13-/m1/s1. The zero-order chi connectivity index (χ0) is 12.4. The maximum absolute atomic E-state index is 4.38. The minimum absolute atomic E-state index is 0.634. The Morgan fingerprint density at radius 3 is 3.17 bits per heavy atom. The van der Waals surface area contributed by atoms with E-state index in [1.807, 2.05) is 6.20 Å². The molecule has 3 rings (SSSR count). The van der Waals surface area contributed by atoms with Crippen LogP contribution in [0.1, 0.15) is 31.7 Å². The molecule has 0 N–H and O–H groups in total. The Hall–Kier alpha value is -1.16. The van der Waals surface area contributed by atoms with E-state index in [-0.39, 0.29) is 0 Å². The summed E-state index contributed by atoms with van der Waals surface area (Å²) in [6.07, 6.45) is 6.84. The van der Waals surface area contributed by atoms with Gasteiger partial charge in [-0.15, -0.1) is 5.10 Å². The number of aryl methyl sites for hydroxylation is 1. The predicted molar refractivity (Wildman–Crippen MR) is 72.8 cm³/mol. The largest absolute Gasteiger partial charge is 0.351 e. The van der Waals surface area contributed by atoms with Gasteiger partial charge in [0.2, 0.25) is 0 Å². The summed E-state index contributed by atoms with van der Waals surface area (Å²) in [5.74, 6) is 1.15. The summed E-state index contributed by atoms with van der Waals surface area (Å²) < 4.78 is 0. The van der Waals surface area contributed by atoms with Crippen LogP contribution in [0.5, 0.6) is 0 Å². The molecule has 4 heteroatoms. The van der Waals surface area contributed by atoms with Gasteiger partial charge in [-0.2, -0.15) is 5.10 Å². The number of anilines is 1. The van der Waals surface area contributed by atoms with Crippen molar-refractivity contribution in [3.8, 4) is 0 Å². The predicted octanol–water partition coefficient (Wildman–Crippen LogP) is 1.71. The molecule has 0 saturated carbocycles. The van der Waals surface area contributed by atoms with E-state index in [2.05, 4.69) is 33.0 Å². The topological polar surface area (TPSA) is 32.3 Å². The van der Waals surface area contributed by atoms with Crippen molar-refractivity contribution >= 4 is 5.82 Å². The highest BCUT2D eigenvalue weighted by Gasteiger charge is 2.28. The summed E-state index contributed by atoms with van der Waals surface area (Å²) >= 11 is 0. The van der Waals surface area contributed by atoms with Gasteiger partial charge >= 0.3 is 0 Å². The number of hydrogen-bond donors (Lipinski definition) is 0. The number of aromatic nitrogens is 2. The van der Waals surface area contributed by atoms with Gasteiger partial charge in [-0.25, -0.2) is 0 Å². The van der Waals surface area contributed by atoms with Gasteiger partial charge in [0.1, 0.15) is 0 Å². The lowest BCUT2D eigenvalue weighted by Crippen LogP contribution is -2.50. The lowest BCUT2D eigenvalue weighted by atomic mass is 9.99. The molecule has 98 valence electrons. The SMILES string of the molecule is CCN1CCC[C@@H](N2CCCc3ccnnc32)C1. The van der Waals surface area contributed by atoms with Crippen molar-refractivity contribution in [3.63, 3.8) is 0 Å². The molecule has 2 aliphatic heterocycles. The molecule has 18 heavy (non-hydrogen) atoms. The van der Waals surface area contributed by atoms with Crippen LogP contribution in [0.4, 0.5) is 5.82 Å². The van der Waals surface area contributed by atoms with Crippen LogP contribution < -0.4 is 4.90 Å². The van der Waals surface area contributed by atoms with E-state index in [1.165, 1.54) is 37.9 Å². The van der Waals surface area contributed by atoms with Crippen LogP contribution in [0.15, 0.2) is 12.3 Å². The molecule has 2 aliphatic rings. The lowest BCUT2D eigenvalue weighted by molar-refractivity contribution is 0.211. The van der Waals surface area contributed by atoms with Crippen molar-refractivity contribution in [1.29, 1.82) is 0 Å². The average Bonchev–Trinajstić information content (AvgIpc) is 2.47. The van der Waals surface area contributed by atoms with E-state index in [1.54, 1.807) is 0 Å². The minimum atomic E-state index is 0.634. The van der Waals surface area contributed by atoms with Crippen molar-refractivity contribution in [3.05, 3.63) is 17.8 Å². The highest BCUT2D eigenvalue weighted by atomic mass is 15.3. The molecular weight excluding hydrogens is 224 g/mol. The Morgan fingerprint density at radius 1 is 1.33 bits per heavy atom. The molecule has 0 amide bonds. The van der Waals surface area contributed by atoms with Crippen LogP contribution in [0.3, 0.4) is 0 Å². The molecule has 0 unspecified atom stereocenters. The summed E-state index contributed by atoms with van der Waals surface area (Å²) in [7, 11) is 0. The monoisotopic (exact) mass is 246 g/mol. The average molecular weight is 246 g/mol. The zero-order valence-corrected chi connectivity index (χ0v) is 11.2. The van der Waals surface area contributed by atoms with Crippen LogP contribution in [-0.4, -0.2) is 47.3 Å². The van der Waals surface area contributed by atoms with Crippen LogP contribution in [-0.2, 0) is 6.42 Å². The number of likely N-dealkylation sites (N-methyl/N-ethyl adjacent to an activating group) is 1. The van der Waals surface area contributed by atoms with Gasteiger partial charge in [0, 0.05) is 19.1 Å². The Labute approximate surface area is 109 Å². The van der Waals surface area contributed by atoms with E-state index in [0.717, 1.165) is 25.3 Å².